The fourth-order valence-corrected chi connectivity index (χ4v) is 4.19. The van der Waals surface area contributed by atoms with Crippen molar-refractivity contribution in [3.05, 3.63) is 35.2 Å². The van der Waals surface area contributed by atoms with Gasteiger partial charge in [0.1, 0.15) is 5.82 Å². The Morgan fingerprint density at radius 2 is 2.04 bits per heavy atom. The predicted octanol–water partition coefficient (Wildman–Crippen LogP) is 4.30. The molecule has 1 heterocycles. The van der Waals surface area contributed by atoms with Crippen LogP contribution in [0.1, 0.15) is 55.5 Å². The number of aromatic nitrogens is 3. The van der Waals surface area contributed by atoms with Crippen molar-refractivity contribution in [1.82, 2.24) is 14.8 Å². The summed E-state index contributed by atoms with van der Waals surface area (Å²) in [5, 5.41) is 12.6. The first-order chi connectivity index (χ1) is 12.1. The fourth-order valence-electron chi connectivity index (χ4n) is 3.38. The van der Waals surface area contributed by atoms with Crippen molar-refractivity contribution >= 4 is 23.4 Å². The Labute approximate surface area is 153 Å². The summed E-state index contributed by atoms with van der Waals surface area (Å²) in [5.74, 6) is 1.96. The third kappa shape index (κ3) is 4.24. The number of benzene rings is 1. The molecule has 0 unspecified atom stereocenters. The Kier molecular flexibility index (Phi) is 5.78. The zero-order valence-corrected chi connectivity index (χ0v) is 16.0. The van der Waals surface area contributed by atoms with Crippen LogP contribution in [0.3, 0.4) is 0 Å². The van der Waals surface area contributed by atoms with Crippen LogP contribution < -0.4 is 5.32 Å². The zero-order valence-electron chi connectivity index (χ0n) is 15.2. The molecular weight excluding hydrogens is 332 g/mol. The molecular formula is C19H26N4OS. The summed E-state index contributed by atoms with van der Waals surface area (Å²) in [6, 6.07) is 6.08. The molecule has 2 aromatic rings. The van der Waals surface area contributed by atoms with E-state index >= 15 is 0 Å². The third-order valence-corrected chi connectivity index (χ3v) is 5.75. The largest absolute Gasteiger partial charge is 0.325 e. The number of amides is 1. The van der Waals surface area contributed by atoms with Gasteiger partial charge in [0.25, 0.3) is 0 Å². The maximum atomic E-state index is 12.3. The van der Waals surface area contributed by atoms with Crippen LogP contribution in [0.25, 0.3) is 0 Å². The van der Waals surface area contributed by atoms with E-state index in [9.17, 15) is 4.79 Å². The molecule has 1 saturated carbocycles. The second-order valence-corrected chi connectivity index (χ2v) is 7.66. The molecule has 0 radical (unpaired) electrons. The van der Waals surface area contributed by atoms with E-state index in [1.807, 2.05) is 32.0 Å². The molecule has 1 fully saturated rings. The van der Waals surface area contributed by atoms with Gasteiger partial charge in [0, 0.05) is 18.2 Å². The number of anilines is 1. The van der Waals surface area contributed by atoms with Gasteiger partial charge in [0.15, 0.2) is 5.16 Å². The number of nitrogens with zero attached hydrogens (tertiary/aromatic N) is 3. The van der Waals surface area contributed by atoms with Gasteiger partial charge in [0.2, 0.25) is 5.91 Å². The molecule has 5 nitrogen and oxygen atoms in total. The van der Waals surface area contributed by atoms with E-state index in [1.165, 1.54) is 37.4 Å². The van der Waals surface area contributed by atoms with E-state index in [0.717, 1.165) is 34.3 Å². The minimum atomic E-state index is -0.00762. The third-order valence-electron chi connectivity index (χ3n) is 4.78. The van der Waals surface area contributed by atoms with Gasteiger partial charge in [0.05, 0.1) is 5.75 Å². The van der Waals surface area contributed by atoms with Gasteiger partial charge in [-0.15, -0.1) is 10.2 Å². The first kappa shape index (κ1) is 18.0. The fraction of sp³-hybridized carbons (Fsp3) is 0.526. The molecule has 25 heavy (non-hydrogen) atoms. The van der Waals surface area contributed by atoms with Gasteiger partial charge in [-0.2, -0.15) is 0 Å². The lowest BCUT2D eigenvalue weighted by molar-refractivity contribution is -0.113. The highest BCUT2D eigenvalue weighted by atomic mass is 32.2. The van der Waals surface area contributed by atoms with Crippen molar-refractivity contribution in [3.63, 3.8) is 0 Å². The minimum Gasteiger partial charge on any atom is -0.325 e. The maximum Gasteiger partial charge on any atom is 0.234 e. The average molecular weight is 359 g/mol. The molecule has 6 heteroatoms. The molecule has 0 aliphatic heterocycles. The number of nitrogens with one attached hydrogen (secondary N) is 1. The number of aryl methyl sites for hydroxylation is 2. The predicted molar refractivity (Wildman–Crippen MR) is 102 cm³/mol. The monoisotopic (exact) mass is 358 g/mol. The normalized spacial score (nSPS) is 14.8. The summed E-state index contributed by atoms with van der Waals surface area (Å²) in [7, 11) is 0. The first-order valence-electron chi connectivity index (χ1n) is 9.01. The molecule has 1 aliphatic carbocycles. The highest BCUT2D eigenvalue weighted by molar-refractivity contribution is 7.99. The molecule has 0 bridgehead atoms. The van der Waals surface area contributed by atoms with Crippen molar-refractivity contribution in [3.8, 4) is 0 Å². The van der Waals surface area contributed by atoms with Crippen molar-refractivity contribution in [2.24, 2.45) is 0 Å². The van der Waals surface area contributed by atoms with Crippen molar-refractivity contribution in [1.29, 1.82) is 0 Å². The number of hydrogen-bond donors (Lipinski definition) is 1. The highest BCUT2D eigenvalue weighted by Crippen LogP contribution is 2.34. The molecule has 1 aliphatic rings. The van der Waals surface area contributed by atoms with Crippen LogP contribution in [0.2, 0.25) is 0 Å². The van der Waals surface area contributed by atoms with Crippen LogP contribution in [0, 0.1) is 13.8 Å². The standard InChI is InChI=1S/C19H26N4OS/c1-4-23-18(15-7-5-6-8-15)21-22-19(23)25-12-17(24)20-16-11-13(2)9-10-14(16)3/h9-11,15H,4-8,12H2,1-3H3,(H,20,24). The Morgan fingerprint density at radius 1 is 1.28 bits per heavy atom. The minimum absolute atomic E-state index is 0.00762. The van der Waals surface area contributed by atoms with E-state index in [-0.39, 0.29) is 5.91 Å². The smallest absolute Gasteiger partial charge is 0.234 e. The van der Waals surface area contributed by atoms with Gasteiger partial charge in [-0.1, -0.05) is 36.7 Å². The average Bonchev–Trinajstić information content (AvgIpc) is 3.24. The Hall–Kier alpha value is -1.82. The second-order valence-electron chi connectivity index (χ2n) is 6.72. The number of carbonyl (C=O) groups excluding carboxylic acids is 1. The first-order valence-corrected chi connectivity index (χ1v) is 10.00. The topological polar surface area (TPSA) is 59.8 Å². The molecule has 1 aromatic carbocycles. The zero-order chi connectivity index (χ0) is 17.8. The van der Waals surface area contributed by atoms with Crippen LogP contribution in [0.4, 0.5) is 5.69 Å². The number of carbonyl (C=O) groups is 1. The molecule has 3 rings (SSSR count). The quantitative estimate of drug-likeness (QED) is 0.782. The van der Waals surface area contributed by atoms with E-state index in [0.29, 0.717) is 11.7 Å². The van der Waals surface area contributed by atoms with Gasteiger partial charge < -0.3 is 9.88 Å². The highest BCUT2D eigenvalue weighted by Gasteiger charge is 2.24. The van der Waals surface area contributed by atoms with Gasteiger partial charge >= 0.3 is 0 Å². The molecule has 1 aromatic heterocycles. The van der Waals surface area contributed by atoms with Crippen LogP contribution in [-0.4, -0.2) is 26.4 Å². The summed E-state index contributed by atoms with van der Waals surface area (Å²) in [5.41, 5.74) is 3.10. The van der Waals surface area contributed by atoms with Gasteiger partial charge in [-0.05, 0) is 50.8 Å². The molecule has 0 atom stereocenters. The van der Waals surface area contributed by atoms with E-state index in [4.69, 9.17) is 0 Å². The molecule has 0 saturated heterocycles. The van der Waals surface area contributed by atoms with E-state index in [1.54, 1.807) is 0 Å². The SMILES string of the molecule is CCn1c(SCC(=O)Nc2cc(C)ccc2C)nnc1C1CCCC1. The second kappa shape index (κ2) is 8.04. The lowest BCUT2D eigenvalue weighted by Crippen LogP contribution is -2.15. The van der Waals surface area contributed by atoms with Gasteiger partial charge in [-0.25, -0.2) is 0 Å². The summed E-state index contributed by atoms with van der Waals surface area (Å²) < 4.78 is 2.17. The molecule has 1 N–H and O–H groups in total. The Balaban J connectivity index is 1.63. The van der Waals surface area contributed by atoms with Crippen molar-refractivity contribution < 1.29 is 4.79 Å². The van der Waals surface area contributed by atoms with Crippen LogP contribution >= 0.6 is 11.8 Å². The summed E-state index contributed by atoms with van der Waals surface area (Å²) in [6.45, 7) is 6.99. The maximum absolute atomic E-state index is 12.3. The molecule has 0 spiro atoms. The summed E-state index contributed by atoms with van der Waals surface area (Å²) in [4.78, 5) is 12.3. The van der Waals surface area contributed by atoms with E-state index < -0.39 is 0 Å². The number of rotatable bonds is 6. The van der Waals surface area contributed by atoms with Crippen LogP contribution in [0.5, 0.6) is 0 Å². The van der Waals surface area contributed by atoms with Crippen molar-refractivity contribution in [2.45, 2.75) is 64.1 Å². The summed E-state index contributed by atoms with van der Waals surface area (Å²) in [6.07, 6.45) is 4.97. The molecule has 134 valence electrons. The van der Waals surface area contributed by atoms with Gasteiger partial charge in [-0.3, -0.25) is 4.79 Å². The van der Waals surface area contributed by atoms with E-state index in [2.05, 4.69) is 27.0 Å². The van der Waals surface area contributed by atoms with Crippen molar-refractivity contribution in [2.75, 3.05) is 11.1 Å². The van der Waals surface area contributed by atoms with Crippen LogP contribution in [0.15, 0.2) is 23.4 Å². The lowest BCUT2D eigenvalue weighted by atomic mass is 10.1. The molecule has 1 amide bonds. The number of hydrogen-bond acceptors (Lipinski definition) is 4. The lowest BCUT2D eigenvalue weighted by Gasteiger charge is -2.12. The van der Waals surface area contributed by atoms with Crippen LogP contribution in [-0.2, 0) is 11.3 Å². The Morgan fingerprint density at radius 3 is 2.76 bits per heavy atom. The Bertz CT molecular complexity index is 750. The summed E-state index contributed by atoms with van der Waals surface area (Å²) >= 11 is 1.47. The number of thioether (sulfide) groups is 1.